The van der Waals surface area contributed by atoms with Crippen molar-refractivity contribution < 1.29 is 24.2 Å². The van der Waals surface area contributed by atoms with Gasteiger partial charge in [0.2, 0.25) is 5.91 Å². The van der Waals surface area contributed by atoms with Gasteiger partial charge in [0, 0.05) is 12.5 Å². The van der Waals surface area contributed by atoms with Crippen molar-refractivity contribution in [3.63, 3.8) is 0 Å². The maximum Gasteiger partial charge on any atom is 0.407 e. The van der Waals surface area contributed by atoms with E-state index >= 15 is 0 Å². The Morgan fingerprint density at radius 3 is 2.06 bits per heavy atom. The smallest absolute Gasteiger partial charge is 0.407 e. The first kappa shape index (κ1) is 22.3. The number of ether oxygens (including phenoxy) is 1. The van der Waals surface area contributed by atoms with Crippen LogP contribution in [0, 0.1) is 5.92 Å². The molecule has 0 heterocycles. The lowest BCUT2D eigenvalue weighted by Crippen LogP contribution is -2.46. The van der Waals surface area contributed by atoms with Crippen molar-refractivity contribution in [1.82, 2.24) is 10.6 Å². The minimum Gasteiger partial charge on any atom is -0.480 e. The number of hydrogen-bond acceptors (Lipinski definition) is 4. The van der Waals surface area contributed by atoms with E-state index in [1.807, 2.05) is 43.3 Å². The molecule has 1 aliphatic carbocycles. The van der Waals surface area contributed by atoms with Crippen molar-refractivity contribution in [3.8, 4) is 11.1 Å². The lowest BCUT2D eigenvalue weighted by atomic mass is 9.98. The Labute approximate surface area is 181 Å². The molecule has 2 amide bonds. The largest absolute Gasteiger partial charge is 0.480 e. The summed E-state index contributed by atoms with van der Waals surface area (Å²) in [5, 5.41) is 14.3. The second-order valence-electron chi connectivity index (χ2n) is 7.62. The van der Waals surface area contributed by atoms with E-state index in [1.54, 1.807) is 6.92 Å². The van der Waals surface area contributed by atoms with Crippen LogP contribution in [-0.4, -0.2) is 42.3 Å². The number of nitrogens with one attached hydrogen (secondary N) is 2. The average Bonchev–Trinajstić information content (AvgIpc) is 3.10. The normalized spacial score (nSPS) is 14.1. The van der Waals surface area contributed by atoms with Crippen LogP contribution in [0.15, 0.2) is 48.5 Å². The van der Waals surface area contributed by atoms with Gasteiger partial charge in [0.15, 0.2) is 0 Å². The Bertz CT molecular complexity index is 913. The van der Waals surface area contributed by atoms with Crippen molar-refractivity contribution >= 4 is 18.0 Å². The molecule has 0 bridgehead atoms. The number of carbonyl (C=O) groups excluding carboxylic acids is 2. The highest BCUT2D eigenvalue weighted by atomic mass is 16.5. The van der Waals surface area contributed by atoms with Crippen LogP contribution in [0.25, 0.3) is 11.1 Å². The molecule has 0 saturated heterocycles. The Balaban J connectivity index is 1.56. The predicted molar refractivity (Wildman–Crippen MR) is 117 cm³/mol. The number of carboxylic acid groups (broad SMARTS) is 1. The van der Waals surface area contributed by atoms with E-state index < -0.39 is 29.9 Å². The average molecular weight is 424 g/mol. The number of alkyl carbamates (subject to hydrolysis) is 1. The summed E-state index contributed by atoms with van der Waals surface area (Å²) < 4.78 is 5.48. The summed E-state index contributed by atoms with van der Waals surface area (Å²) in [5.74, 6) is -2.04. The number of hydrogen-bond donors (Lipinski definition) is 3. The number of carbonyl (C=O) groups is 3. The first-order valence-electron chi connectivity index (χ1n) is 10.6. The second kappa shape index (κ2) is 10.1. The fraction of sp³-hybridized carbons (Fsp3) is 0.375. The van der Waals surface area contributed by atoms with E-state index in [2.05, 4.69) is 22.8 Å². The lowest BCUT2D eigenvalue weighted by Gasteiger charge is -2.19. The SMILES string of the molecule is CCC(CNC(=O)OCC1c2ccccc2-c2ccccc21)C(=O)N[C@@H](CC)C(=O)O. The van der Waals surface area contributed by atoms with E-state index in [-0.39, 0.29) is 25.5 Å². The van der Waals surface area contributed by atoms with Gasteiger partial charge < -0.3 is 20.5 Å². The van der Waals surface area contributed by atoms with Gasteiger partial charge in [-0.25, -0.2) is 9.59 Å². The van der Waals surface area contributed by atoms with Gasteiger partial charge in [-0.3, -0.25) is 4.79 Å². The summed E-state index contributed by atoms with van der Waals surface area (Å²) in [4.78, 5) is 35.8. The molecule has 7 heteroatoms. The topological polar surface area (TPSA) is 105 Å². The standard InChI is InChI=1S/C24H28N2O5/c1-3-15(22(27)26-21(4-2)23(28)29)13-25-24(30)31-14-20-18-11-7-5-9-16(18)17-10-6-8-12-19(17)20/h5-12,15,20-21H,3-4,13-14H2,1-2H3,(H,25,30)(H,26,27)(H,28,29)/t15?,21-/m0/s1. The first-order chi connectivity index (χ1) is 15.0. The molecule has 7 nitrogen and oxygen atoms in total. The molecule has 1 aliphatic rings. The van der Waals surface area contributed by atoms with Crippen LogP contribution in [0.4, 0.5) is 4.79 Å². The zero-order valence-corrected chi connectivity index (χ0v) is 17.8. The van der Waals surface area contributed by atoms with Crippen molar-refractivity contribution in [2.45, 2.75) is 38.6 Å². The molecule has 0 aromatic heterocycles. The summed E-state index contributed by atoms with van der Waals surface area (Å²) >= 11 is 0. The number of benzene rings is 2. The Morgan fingerprint density at radius 1 is 0.968 bits per heavy atom. The third-order valence-corrected chi connectivity index (χ3v) is 5.72. The molecule has 0 fully saturated rings. The van der Waals surface area contributed by atoms with Crippen molar-refractivity contribution in [1.29, 1.82) is 0 Å². The number of aliphatic carboxylic acids is 1. The van der Waals surface area contributed by atoms with Gasteiger partial charge in [-0.15, -0.1) is 0 Å². The number of carboxylic acids is 1. The zero-order chi connectivity index (χ0) is 22.4. The third kappa shape index (κ3) is 5.05. The predicted octanol–water partition coefficient (Wildman–Crippen LogP) is 3.53. The monoisotopic (exact) mass is 424 g/mol. The van der Waals surface area contributed by atoms with Gasteiger partial charge in [-0.2, -0.15) is 0 Å². The van der Waals surface area contributed by atoms with Crippen LogP contribution < -0.4 is 10.6 Å². The molecule has 0 aliphatic heterocycles. The zero-order valence-electron chi connectivity index (χ0n) is 17.8. The Hall–Kier alpha value is -3.35. The Kier molecular flexibility index (Phi) is 7.28. The molecule has 2 aromatic carbocycles. The molecular weight excluding hydrogens is 396 g/mol. The fourth-order valence-electron chi connectivity index (χ4n) is 3.91. The van der Waals surface area contributed by atoms with E-state index in [9.17, 15) is 14.4 Å². The van der Waals surface area contributed by atoms with Gasteiger partial charge in [0.1, 0.15) is 12.6 Å². The van der Waals surface area contributed by atoms with E-state index in [1.165, 1.54) is 0 Å². The van der Waals surface area contributed by atoms with Gasteiger partial charge in [-0.05, 0) is 35.1 Å². The fourth-order valence-corrected chi connectivity index (χ4v) is 3.91. The van der Waals surface area contributed by atoms with Crippen molar-refractivity contribution in [2.24, 2.45) is 5.92 Å². The molecule has 0 saturated carbocycles. The quantitative estimate of drug-likeness (QED) is 0.571. The van der Waals surface area contributed by atoms with E-state index in [0.717, 1.165) is 22.3 Å². The van der Waals surface area contributed by atoms with Crippen LogP contribution in [-0.2, 0) is 14.3 Å². The van der Waals surface area contributed by atoms with Gasteiger partial charge in [-0.1, -0.05) is 62.4 Å². The van der Waals surface area contributed by atoms with Crippen LogP contribution in [0.1, 0.15) is 43.7 Å². The van der Waals surface area contributed by atoms with Crippen molar-refractivity contribution in [3.05, 3.63) is 59.7 Å². The van der Waals surface area contributed by atoms with Gasteiger partial charge in [0.25, 0.3) is 0 Å². The number of fused-ring (bicyclic) bond motifs is 3. The summed E-state index contributed by atoms with van der Waals surface area (Å²) in [5.41, 5.74) is 4.56. The maximum atomic E-state index is 12.3. The molecule has 0 radical (unpaired) electrons. The molecule has 0 spiro atoms. The maximum absolute atomic E-state index is 12.3. The van der Waals surface area contributed by atoms with Crippen LogP contribution in [0.2, 0.25) is 0 Å². The number of amides is 2. The summed E-state index contributed by atoms with van der Waals surface area (Å²) in [7, 11) is 0. The highest BCUT2D eigenvalue weighted by Gasteiger charge is 2.29. The van der Waals surface area contributed by atoms with Gasteiger partial charge in [0.05, 0.1) is 5.92 Å². The molecule has 1 unspecified atom stereocenters. The summed E-state index contributed by atoms with van der Waals surface area (Å²) in [6, 6.07) is 15.2. The minimum atomic E-state index is -1.07. The molecule has 3 rings (SSSR count). The molecule has 31 heavy (non-hydrogen) atoms. The molecular formula is C24H28N2O5. The first-order valence-corrected chi connectivity index (χ1v) is 10.6. The van der Waals surface area contributed by atoms with Crippen LogP contribution in [0.5, 0.6) is 0 Å². The second-order valence-corrected chi connectivity index (χ2v) is 7.62. The lowest BCUT2D eigenvalue weighted by molar-refractivity contribution is -0.142. The van der Waals surface area contributed by atoms with Gasteiger partial charge >= 0.3 is 12.1 Å². The van der Waals surface area contributed by atoms with Crippen LogP contribution in [0.3, 0.4) is 0 Å². The summed E-state index contributed by atoms with van der Waals surface area (Å²) in [6.45, 7) is 3.77. The molecule has 2 atom stereocenters. The molecule has 164 valence electrons. The summed E-state index contributed by atoms with van der Waals surface area (Å²) in [6.07, 6.45) is 0.154. The highest BCUT2D eigenvalue weighted by Crippen LogP contribution is 2.44. The van der Waals surface area contributed by atoms with E-state index in [4.69, 9.17) is 9.84 Å². The highest BCUT2D eigenvalue weighted by molar-refractivity contribution is 5.85. The van der Waals surface area contributed by atoms with E-state index in [0.29, 0.717) is 6.42 Å². The van der Waals surface area contributed by atoms with Crippen LogP contribution >= 0.6 is 0 Å². The Morgan fingerprint density at radius 2 is 1.55 bits per heavy atom. The van der Waals surface area contributed by atoms with Crippen molar-refractivity contribution in [2.75, 3.05) is 13.2 Å². The number of rotatable bonds is 9. The third-order valence-electron chi connectivity index (χ3n) is 5.72. The minimum absolute atomic E-state index is 0.0377. The molecule has 2 aromatic rings. The molecule has 3 N–H and O–H groups in total.